The molecule has 1 N–H and O–H groups in total. The van der Waals surface area contributed by atoms with E-state index in [-0.39, 0.29) is 17.3 Å². The molecule has 2 saturated carbocycles. The Morgan fingerprint density at radius 1 is 1.07 bits per heavy atom. The summed E-state index contributed by atoms with van der Waals surface area (Å²) in [7, 11) is 0. The Morgan fingerprint density at radius 3 is 2.46 bits per heavy atom. The molecule has 0 aromatic carbocycles. The first-order valence-corrected chi connectivity index (χ1v) is 10.0. The van der Waals surface area contributed by atoms with Crippen LogP contribution in [-0.4, -0.2) is 53.2 Å². The van der Waals surface area contributed by atoms with Gasteiger partial charge in [-0.25, -0.2) is 9.59 Å². The minimum Gasteiger partial charge on any atom is -0.462 e. The summed E-state index contributed by atoms with van der Waals surface area (Å²) in [5, 5.41) is 11.2. The van der Waals surface area contributed by atoms with Gasteiger partial charge < -0.3 is 24.1 Å². The van der Waals surface area contributed by atoms with Crippen LogP contribution in [0, 0.1) is 34.0 Å². The van der Waals surface area contributed by atoms with Gasteiger partial charge in [0.05, 0.1) is 16.7 Å². The van der Waals surface area contributed by atoms with Crippen LogP contribution >= 0.6 is 0 Å². The van der Waals surface area contributed by atoms with Crippen molar-refractivity contribution < 1.29 is 38.4 Å². The second-order valence-electron chi connectivity index (χ2n) is 10.5. The Balaban J connectivity index is 1.65. The zero-order chi connectivity index (χ0) is 20.0. The molecule has 152 valence electrons. The van der Waals surface area contributed by atoms with E-state index in [9.17, 15) is 19.5 Å². The molecule has 6 rings (SSSR count). The molecule has 28 heavy (non-hydrogen) atoms. The van der Waals surface area contributed by atoms with Gasteiger partial charge in [-0.3, -0.25) is 4.79 Å². The van der Waals surface area contributed by atoms with E-state index in [0.29, 0.717) is 12.8 Å². The number of carbonyl (C=O) groups is 3. The maximum Gasteiger partial charge on any atom is 0.340 e. The van der Waals surface area contributed by atoms with Crippen LogP contribution in [0.5, 0.6) is 0 Å². The molecule has 2 spiro atoms. The van der Waals surface area contributed by atoms with Crippen molar-refractivity contribution >= 4 is 17.9 Å². The lowest BCUT2D eigenvalue weighted by atomic mass is 9.52. The molecule has 0 aromatic heterocycles. The fraction of sp³-hybridized carbons (Fsp3) is 0.850. The van der Waals surface area contributed by atoms with Gasteiger partial charge in [-0.05, 0) is 24.2 Å². The van der Waals surface area contributed by atoms with Gasteiger partial charge >= 0.3 is 17.9 Å². The highest BCUT2D eigenvalue weighted by Crippen LogP contribution is 2.83. The van der Waals surface area contributed by atoms with Gasteiger partial charge in [0.1, 0.15) is 12.2 Å². The lowest BCUT2D eigenvalue weighted by molar-refractivity contribution is -0.206. The Hall–Kier alpha value is -1.67. The number of ether oxygens (including phenoxy) is 4. The molecule has 0 bridgehead atoms. The van der Waals surface area contributed by atoms with Crippen LogP contribution in [0.3, 0.4) is 0 Å². The van der Waals surface area contributed by atoms with Crippen LogP contribution in [0.25, 0.3) is 0 Å². The van der Waals surface area contributed by atoms with E-state index in [0.717, 1.165) is 0 Å². The number of hydrogen-bond acceptors (Lipinski definition) is 8. The summed E-state index contributed by atoms with van der Waals surface area (Å²) in [5.74, 6) is -2.80. The maximum absolute atomic E-state index is 13.3. The van der Waals surface area contributed by atoms with Gasteiger partial charge in [-0.2, -0.15) is 0 Å². The molecule has 4 aliphatic heterocycles. The predicted molar refractivity (Wildman–Crippen MR) is 89.2 cm³/mol. The van der Waals surface area contributed by atoms with E-state index in [2.05, 4.69) is 20.8 Å². The van der Waals surface area contributed by atoms with Gasteiger partial charge in [-0.15, -0.1) is 0 Å². The van der Waals surface area contributed by atoms with Crippen LogP contribution in [0.2, 0.25) is 0 Å². The molecule has 4 heterocycles. The van der Waals surface area contributed by atoms with Crippen molar-refractivity contribution in [3.8, 4) is 0 Å². The smallest absolute Gasteiger partial charge is 0.340 e. The van der Waals surface area contributed by atoms with Crippen molar-refractivity contribution in [2.45, 2.75) is 70.7 Å². The molecule has 10 atom stereocenters. The summed E-state index contributed by atoms with van der Waals surface area (Å²) in [6.07, 6.45) is -2.58. The number of aliphatic hydroxyl groups is 1. The van der Waals surface area contributed by atoms with E-state index in [1.165, 1.54) is 0 Å². The zero-order valence-corrected chi connectivity index (χ0v) is 16.3. The van der Waals surface area contributed by atoms with E-state index >= 15 is 0 Å². The molecular weight excluding hydrogens is 368 g/mol. The normalized spacial score (nSPS) is 58.2. The van der Waals surface area contributed by atoms with Crippen LogP contribution in [-0.2, 0) is 33.3 Å². The summed E-state index contributed by atoms with van der Waals surface area (Å²) in [4.78, 5) is 38.0. The summed E-state index contributed by atoms with van der Waals surface area (Å²) in [6, 6.07) is 0. The van der Waals surface area contributed by atoms with Crippen LogP contribution in [0.1, 0.15) is 40.5 Å². The average Bonchev–Trinajstić information content (AvgIpc) is 3.30. The minimum atomic E-state index is -1.43. The third-order valence-electron chi connectivity index (χ3n) is 8.76. The number of carbonyl (C=O) groups excluding carboxylic acids is 3. The van der Waals surface area contributed by atoms with Crippen molar-refractivity contribution in [2.24, 2.45) is 34.0 Å². The van der Waals surface area contributed by atoms with Crippen LogP contribution in [0.15, 0.2) is 0 Å². The van der Waals surface area contributed by atoms with Gasteiger partial charge in [0.15, 0.2) is 11.7 Å². The monoisotopic (exact) mass is 392 g/mol. The topological polar surface area (TPSA) is 108 Å². The average molecular weight is 392 g/mol. The van der Waals surface area contributed by atoms with Crippen molar-refractivity contribution in [1.82, 2.24) is 0 Å². The Kier molecular flexibility index (Phi) is 2.71. The molecule has 8 heteroatoms. The first kappa shape index (κ1) is 17.2. The molecule has 0 radical (unpaired) electrons. The Labute approximate surface area is 161 Å². The molecule has 6 fully saturated rings. The summed E-state index contributed by atoms with van der Waals surface area (Å²) in [6.45, 7) is 7.90. The zero-order valence-electron chi connectivity index (χ0n) is 16.3. The number of fused-ring (bicyclic) bond motifs is 1. The molecule has 6 unspecified atom stereocenters. The molecule has 2 aliphatic carbocycles. The Bertz CT molecular complexity index is 846. The van der Waals surface area contributed by atoms with Gasteiger partial charge in [0, 0.05) is 5.92 Å². The quantitative estimate of drug-likeness (QED) is 0.470. The standard InChI is InChI=1S/C20H24O8/c1-7-11-8(25-13(7)22)6-18-10-5-9(17(2,3)4)19(18)12(21)14(23)27-16(19)28-20(11,18)15(24)26-10/h7-12,16,21H,5-6H2,1-4H3/t7-,8?,9+,10?,11+,12+,16?,18?,19?,20?/m1/s1. The SMILES string of the molecule is C[C@H]1C(=O)OC2CC34C5C[C@@H](C(C)(C)C)C36C(OC(=O)[C@@H]6O)OC4(C(=O)O5)[C@H]21. The molecule has 0 aromatic rings. The van der Waals surface area contributed by atoms with Crippen molar-refractivity contribution in [2.75, 3.05) is 0 Å². The minimum absolute atomic E-state index is 0.170. The fourth-order valence-corrected chi connectivity index (χ4v) is 8.09. The Morgan fingerprint density at radius 2 is 1.79 bits per heavy atom. The largest absolute Gasteiger partial charge is 0.462 e. The van der Waals surface area contributed by atoms with Crippen LogP contribution < -0.4 is 0 Å². The highest BCUT2D eigenvalue weighted by molar-refractivity contribution is 5.91. The fourth-order valence-electron chi connectivity index (χ4n) is 8.09. The summed E-state index contributed by atoms with van der Waals surface area (Å²) >= 11 is 0. The highest BCUT2D eigenvalue weighted by atomic mass is 16.7. The first-order valence-electron chi connectivity index (χ1n) is 10.0. The van der Waals surface area contributed by atoms with Gasteiger partial charge in [0.25, 0.3) is 0 Å². The number of rotatable bonds is 0. The van der Waals surface area contributed by atoms with E-state index in [4.69, 9.17) is 18.9 Å². The number of esters is 3. The van der Waals surface area contributed by atoms with E-state index in [1.807, 2.05) is 0 Å². The highest BCUT2D eigenvalue weighted by Gasteiger charge is 2.97. The molecule has 0 amide bonds. The van der Waals surface area contributed by atoms with Gasteiger partial charge in [-0.1, -0.05) is 27.7 Å². The molecule has 6 aliphatic rings. The third kappa shape index (κ3) is 1.32. The van der Waals surface area contributed by atoms with E-state index in [1.54, 1.807) is 6.92 Å². The number of aliphatic hydroxyl groups excluding tert-OH is 1. The van der Waals surface area contributed by atoms with Gasteiger partial charge in [0.2, 0.25) is 6.29 Å². The van der Waals surface area contributed by atoms with Crippen LogP contribution in [0.4, 0.5) is 0 Å². The molecule has 8 nitrogen and oxygen atoms in total. The molecule has 4 saturated heterocycles. The van der Waals surface area contributed by atoms with Crippen molar-refractivity contribution in [3.63, 3.8) is 0 Å². The third-order valence-corrected chi connectivity index (χ3v) is 8.76. The van der Waals surface area contributed by atoms with E-state index < -0.39 is 64.8 Å². The lowest BCUT2D eigenvalue weighted by Crippen LogP contribution is -2.59. The van der Waals surface area contributed by atoms with Crippen molar-refractivity contribution in [3.05, 3.63) is 0 Å². The first-order chi connectivity index (χ1) is 13.0. The lowest BCUT2D eigenvalue weighted by Gasteiger charge is -2.46. The summed E-state index contributed by atoms with van der Waals surface area (Å²) < 4.78 is 23.3. The second kappa shape index (κ2) is 4.41. The number of hydrogen-bond donors (Lipinski definition) is 1. The summed E-state index contributed by atoms with van der Waals surface area (Å²) in [5.41, 5.74) is -3.77. The second-order valence-corrected chi connectivity index (χ2v) is 10.5. The molecular formula is C20H24O8. The maximum atomic E-state index is 13.3. The predicted octanol–water partition coefficient (Wildman–Crippen LogP) is 0.545. The van der Waals surface area contributed by atoms with Crippen molar-refractivity contribution in [1.29, 1.82) is 0 Å².